The molecular formula is C17H18BrN3. The molecule has 0 radical (unpaired) electrons. The molecule has 2 aromatic carbocycles. The molecule has 0 amide bonds. The molecule has 0 aliphatic carbocycles. The fourth-order valence-corrected chi connectivity index (χ4v) is 3.26. The maximum absolute atomic E-state index is 7.86. The minimum atomic E-state index is 0.105. The molecular weight excluding hydrogens is 326 g/mol. The molecule has 21 heavy (non-hydrogen) atoms. The van der Waals surface area contributed by atoms with Crippen molar-refractivity contribution >= 4 is 33.1 Å². The van der Waals surface area contributed by atoms with Gasteiger partial charge in [0.05, 0.1) is 5.69 Å². The van der Waals surface area contributed by atoms with E-state index in [1.807, 2.05) is 18.2 Å². The lowest BCUT2D eigenvalue weighted by Crippen LogP contribution is -2.23. The molecule has 0 unspecified atom stereocenters. The van der Waals surface area contributed by atoms with Gasteiger partial charge in [-0.25, -0.2) is 0 Å². The lowest BCUT2D eigenvalue weighted by atomic mass is 10.1. The third-order valence-electron chi connectivity index (χ3n) is 3.90. The highest BCUT2D eigenvalue weighted by Crippen LogP contribution is 2.35. The van der Waals surface area contributed by atoms with E-state index in [2.05, 4.69) is 45.1 Å². The predicted octanol–water partition coefficient (Wildman–Crippen LogP) is 4.21. The molecule has 0 spiro atoms. The number of fused-ring (bicyclic) bond motifs is 1. The zero-order valence-corrected chi connectivity index (χ0v) is 13.4. The van der Waals surface area contributed by atoms with Crippen molar-refractivity contribution in [3.8, 4) is 0 Å². The van der Waals surface area contributed by atoms with E-state index < -0.39 is 0 Å². The summed E-state index contributed by atoms with van der Waals surface area (Å²) in [5.41, 5.74) is 10.2. The Hall–Kier alpha value is -1.81. The highest BCUT2D eigenvalue weighted by Gasteiger charge is 2.19. The van der Waals surface area contributed by atoms with E-state index in [1.165, 1.54) is 17.7 Å². The van der Waals surface area contributed by atoms with E-state index >= 15 is 0 Å². The Bertz CT molecular complexity index is 681. The first-order chi connectivity index (χ1) is 10.2. The fourth-order valence-electron chi connectivity index (χ4n) is 2.90. The van der Waals surface area contributed by atoms with Crippen LogP contribution < -0.4 is 10.6 Å². The van der Waals surface area contributed by atoms with Gasteiger partial charge in [-0.05, 0) is 49.1 Å². The molecule has 0 aromatic heterocycles. The third-order valence-corrected chi connectivity index (χ3v) is 4.39. The Balaban J connectivity index is 2.14. The number of rotatable bonds is 2. The van der Waals surface area contributed by atoms with Gasteiger partial charge in [0.1, 0.15) is 5.84 Å². The van der Waals surface area contributed by atoms with Gasteiger partial charge in [-0.2, -0.15) is 0 Å². The molecule has 1 aliphatic rings. The number of aryl methyl sites for hydroxylation is 1. The second kappa shape index (κ2) is 5.90. The number of nitrogens with zero attached hydrogens (tertiary/aromatic N) is 1. The first-order valence-electron chi connectivity index (χ1n) is 7.16. The van der Waals surface area contributed by atoms with Crippen molar-refractivity contribution in [3.63, 3.8) is 0 Å². The number of nitrogens with one attached hydrogen (secondary N) is 1. The monoisotopic (exact) mass is 343 g/mol. The standard InChI is InChI=1S/C17H18BrN3/c18-13-8-9-16(14(11-13)17(19)20)21-10-4-3-6-12-5-1-2-7-15(12)21/h1-2,5,7-9,11H,3-4,6,10H2,(H3,19,20). The van der Waals surface area contributed by atoms with Crippen LogP contribution in [0.1, 0.15) is 24.0 Å². The third kappa shape index (κ3) is 2.81. The summed E-state index contributed by atoms with van der Waals surface area (Å²) >= 11 is 3.47. The molecule has 0 atom stereocenters. The van der Waals surface area contributed by atoms with E-state index in [9.17, 15) is 0 Å². The maximum atomic E-state index is 7.86. The van der Waals surface area contributed by atoms with Gasteiger partial charge in [0.2, 0.25) is 0 Å². The lowest BCUT2D eigenvalue weighted by molar-refractivity contribution is 0.761. The van der Waals surface area contributed by atoms with Gasteiger partial charge < -0.3 is 10.6 Å². The molecule has 3 nitrogen and oxygen atoms in total. The number of hydrogen-bond donors (Lipinski definition) is 2. The summed E-state index contributed by atoms with van der Waals surface area (Å²) in [6.07, 6.45) is 3.44. The summed E-state index contributed by atoms with van der Waals surface area (Å²) in [5, 5.41) is 7.86. The van der Waals surface area contributed by atoms with Gasteiger partial charge in [0.15, 0.2) is 0 Å². The number of amidine groups is 1. The summed E-state index contributed by atoms with van der Waals surface area (Å²) in [5.74, 6) is 0.105. The molecule has 1 heterocycles. The predicted molar refractivity (Wildman–Crippen MR) is 91.5 cm³/mol. The zero-order valence-electron chi connectivity index (χ0n) is 11.8. The van der Waals surface area contributed by atoms with Gasteiger partial charge >= 0.3 is 0 Å². The smallest absolute Gasteiger partial charge is 0.124 e. The fraction of sp³-hybridized carbons (Fsp3) is 0.235. The second-order valence-corrected chi connectivity index (χ2v) is 6.23. The molecule has 1 aliphatic heterocycles. The average molecular weight is 344 g/mol. The average Bonchev–Trinajstić information content (AvgIpc) is 2.69. The largest absolute Gasteiger partial charge is 0.384 e. The first kappa shape index (κ1) is 14.1. The zero-order chi connectivity index (χ0) is 14.8. The summed E-state index contributed by atoms with van der Waals surface area (Å²) in [7, 11) is 0. The van der Waals surface area contributed by atoms with Crippen molar-refractivity contribution in [1.29, 1.82) is 5.41 Å². The number of halogens is 1. The second-order valence-electron chi connectivity index (χ2n) is 5.31. The van der Waals surface area contributed by atoms with E-state index in [-0.39, 0.29) is 5.84 Å². The van der Waals surface area contributed by atoms with Crippen LogP contribution in [0.25, 0.3) is 0 Å². The topological polar surface area (TPSA) is 53.1 Å². The Morgan fingerprint density at radius 3 is 2.71 bits per heavy atom. The normalized spacial score (nSPS) is 14.4. The molecule has 3 N–H and O–H groups in total. The molecule has 2 aromatic rings. The summed E-state index contributed by atoms with van der Waals surface area (Å²) < 4.78 is 0.944. The van der Waals surface area contributed by atoms with Crippen molar-refractivity contribution in [2.24, 2.45) is 5.73 Å². The van der Waals surface area contributed by atoms with Gasteiger partial charge in [-0.15, -0.1) is 0 Å². The van der Waals surface area contributed by atoms with Crippen LogP contribution in [0.3, 0.4) is 0 Å². The molecule has 0 saturated heterocycles. The minimum Gasteiger partial charge on any atom is -0.384 e. The van der Waals surface area contributed by atoms with Gasteiger partial charge in [-0.3, -0.25) is 5.41 Å². The first-order valence-corrected chi connectivity index (χ1v) is 7.95. The van der Waals surface area contributed by atoms with E-state index in [0.717, 1.165) is 35.1 Å². The van der Waals surface area contributed by atoms with Gasteiger partial charge in [0, 0.05) is 22.3 Å². The van der Waals surface area contributed by atoms with Crippen LogP contribution in [0.15, 0.2) is 46.9 Å². The number of anilines is 2. The number of benzene rings is 2. The molecule has 108 valence electrons. The van der Waals surface area contributed by atoms with Crippen LogP contribution >= 0.6 is 15.9 Å². The van der Waals surface area contributed by atoms with E-state index in [0.29, 0.717) is 0 Å². The van der Waals surface area contributed by atoms with Gasteiger partial charge in [0.25, 0.3) is 0 Å². The van der Waals surface area contributed by atoms with Crippen molar-refractivity contribution < 1.29 is 0 Å². The van der Waals surface area contributed by atoms with Crippen LogP contribution in [0.4, 0.5) is 11.4 Å². The van der Waals surface area contributed by atoms with Crippen LogP contribution in [0.5, 0.6) is 0 Å². The number of nitrogens with two attached hydrogens (primary N) is 1. The lowest BCUT2D eigenvalue weighted by Gasteiger charge is -2.27. The van der Waals surface area contributed by atoms with Crippen molar-refractivity contribution in [2.45, 2.75) is 19.3 Å². The highest BCUT2D eigenvalue weighted by atomic mass is 79.9. The number of para-hydroxylation sites is 1. The Kier molecular flexibility index (Phi) is 3.97. The van der Waals surface area contributed by atoms with Crippen molar-refractivity contribution in [2.75, 3.05) is 11.4 Å². The molecule has 0 fully saturated rings. The Morgan fingerprint density at radius 1 is 1.10 bits per heavy atom. The van der Waals surface area contributed by atoms with Crippen LogP contribution in [-0.2, 0) is 6.42 Å². The summed E-state index contributed by atoms with van der Waals surface area (Å²) in [6.45, 7) is 0.957. The summed E-state index contributed by atoms with van der Waals surface area (Å²) in [6, 6.07) is 14.5. The highest BCUT2D eigenvalue weighted by molar-refractivity contribution is 9.10. The van der Waals surface area contributed by atoms with E-state index in [1.54, 1.807) is 0 Å². The van der Waals surface area contributed by atoms with Crippen LogP contribution in [0.2, 0.25) is 0 Å². The molecule has 0 saturated carbocycles. The molecule has 3 rings (SSSR count). The molecule has 4 heteroatoms. The van der Waals surface area contributed by atoms with Crippen molar-refractivity contribution in [3.05, 3.63) is 58.1 Å². The van der Waals surface area contributed by atoms with Crippen LogP contribution in [0, 0.1) is 5.41 Å². The summed E-state index contributed by atoms with van der Waals surface area (Å²) in [4.78, 5) is 2.30. The maximum Gasteiger partial charge on any atom is 0.124 e. The molecule has 0 bridgehead atoms. The number of hydrogen-bond acceptors (Lipinski definition) is 2. The Morgan fingerprint density at radius 2 is 1.90 bits per heavy atom. The van der Waals surface area contributed by atoms with Gasteiger partial charge in [-0.1, -0.05) is 34.1 Å². The number of nitrogen functional groups attached to an aromatic ring is 1. The minimum absolute atomic E-state index is 0.105. The Labute approximate surface area is 133 Å². The quantitative estimate of drug-likeness (QED) is 0.633. The van der Waals surface area contributed by atoms with Crippen LogP contribution in [-0.4, -0.2) is 12.4 Å². The SMILES string of the molecule is N=C(N)c1cc(Br)ccc1N1CCCCc2ccccc21. The van der Waals surface area contributed by atoms with Crippen molar-refractivity contribution in [1.82, 2.24) is 0 Å². The van der Waals surface area contributed by atoms with E-state index in [4.69, 9.17) is 11.1 Å².